The van der Waals surface area contributed by atoms with E-state index in [1.807, 2.05) is 57.5 Å². The molecule has 0 saturated carbocycles. The van der Waals surface area contributed by atoms with Gasteiger partial charge in [0.25, 0.3) is 11.8 Å². The number of carbonyl (C=O) groups excluding carboxylic acids is 8. The number of aryl methyl sites for hydroxylation is 1. The minimum Gasteiger partial charge on any atom is -0.350 e. The highest BCUT2D eigenvalue weighted by Gasteiger charge is 2.46. The van der Waals surface area contributed by atoms with E-state index in [1.165, 1.54) is 18.2 Å². The summed E-state index contributed by atoms with van der Waals surface area (Å²) in [7, 11) is 0. The first-order chi connectivity index (χ1) is 27.6. The van der Waals surface area contributed by atoms with E-state index < -0.39 is 47.2 Å². The normalized spacial score (nSPS) is 18.5. The van der Waals surface area contributed by atoms with Crippen molar-refractivity contribution in [1.82, 2.24) is 30.7 Å². The molecule has 3 unspecified atom stereocenters. The molecule has 3 atom stereocenters. The predicted molar refractivity (Wildman–Crippen MR) is 215 cm³/mol. The summed E-state index contributed by atoms with van der Waals surface area (Å²) in [5, 5.41) is 10.8. The van der Waals surface area contributed by atoms with Gasteiger partial charge in [-0.3, -0.25) is 48.6 Å². The largest absolute Gasteiger partial charge is 0.350 e. The standard InChI is InChI=1S/C42H49N7O8S/c1-24-35(58-23-44-24)26-17-15-25(16-18-26)22-43-37(53)29-12-9-21-48(29)41(57)36(42(2,3)4)46-32(51)14-7-5-6-13-31(50)45-28-11-8-10-27-34(28)40(56)49(39(27)55)30-19-20-33(52)47-38(30)54/h8,10-11,15-18,23,29-30,36H,5-7,9,12-14,19-22H2,1-4H3,(H,43,53)(H,45,50)(H,46,51)(H,47,52,54). The van der Waals surface area contributed by atoms with Gasteiger partial charge in [-0.2, -0.15) is 0 Å². The molecule has 1 aromatic heterocycles. The third kappa shape index (κ3) is 9.33. The van der Waals surface area contributed by atoms with Crippen LogP contribution in [-0.2, 0) is 35.3 Å². The number of aromatic nitrogens is 1. The lowest BCUT2D eigenvalue weighted by Gasteiger charge is -2.35. The smallest absolute Gasteiger partial charge is 0.264 e. The number of piperidine rings is 1. The number of carbonyl (C=O) groups is 8. The molecule has 6 rings (SSSR count). The quantitative estimate of drug-likeness (QED) is 0.136. The van der Waals surface area contributed by atoms with Gasteiger partial charge in [0.2, 0.25) is 35.4 Å². The Bertz CT molecular complexity index is 2130. The Morgan fingerprint density at radius 2 is 1.66 bits per heavy atom. The number of likely N-dealkylation sites (tertiary alicyclic amines) is 1. The van der Waals surface area contributed by atoms with Crippen molar-refractivity contribution in [2.75, 3.05) is 11.9 Å². The van der Waals surface area contributed by atoms with Crippen LogP contribution >= 0.6 is 11.3 Å². The van der Waals surface area contributed by atoms with Gasteiger partial charge in [0.15, 0.2) is 0 Å². The van der Waals surface area contributed by atoms with Crippen molar-refractivity contribution in [3.63, 3.8) is 0 Å². The molecular formula is C42H49N7O8S. The van der Waals surface area contributed by atoms with Gasteiger partial charge < -0.3 is 20.9 Å². The Labute approximate surface area is 340 Å². The molecule has 2 aromatic carbocycles. The number of nitrogens with one attached hydrogen (secondary N) is 4. The summed E-state index contributed by atoms with van der Waals surface area (Å²) in [6.45, 7) is 8.31. The van der Waals surface area contributed by atoms with Crippen LogP contribution in [-0.4, -0.2) is 86.7 Å². The molecule has 0 bridgehead atoms. The number of unbranched alkanes of at least 4 members (excludes halogenated alkanes) is 2. The second-order valence-corrected chi connectivity index (χ2v) is 16.9. The molecule has 3 aliphatic heterocycles. The number of anilines is 1. The van der Waals surface area contributed by atoms with Gasteiger partial charge in [0.05, 0.1) is 32.9 Å². The first kappa shape index (κ1) is 41.9. The number of benzene rings is 2. The van der Waals surface area contributed by atoms with Crippen molar-refractivity contribution in [2.45, 2.75) is 110 Å². The van der Waals surface area contributed by atoms with E-state index in [2.05, 4.69) is 26.3 Å². The molecule has 2 fully saturated rings. The van der Waals surface area contributed by atoms with Crippen LogP contribution in [0.15, 0.2) is 48.0 Å². The zero-order valence-electron chi connectivity index (χ0n) is 33.1. The summed E-state index contributed by atoms with van der Waals surface area (Å²) in [5.41, 5.74) is 4.37. The van der Waals surface area contributed by atoms with Crippen LogP contribution in [0.4, 0.5) is 5.69 Å². The van der Waals surface area contributed by atoms with Crippen molar-refractivity contribution < 1.29 is 38.4 Å². The number of thiazole rings is 1. The van der Waals surface area contributed by atoms with Crippen molar-refractivity contribution in [2.24, 2.45) is 5.41 Å². The van der Waals surface area contributed by atoms with Crippen LogP contribution in [0.5, 0.6) is 0 Å². The van der Waals surface area contributed by atoms with E-state index in [9.17, 15) is 38.4 Å². The molecule has 2 saturated heterocycles. The van der Waals surface area contributed by atoms with Crippen LogP contribution in [0.3, 0.4) is 0 Å². The highest BCUT2D eigenvalue weighted by Crippen LogP contribution is 2.33. The highest BCUT2D eigenvalue weighted by atomic mass is 32.1. The number of amides is 8. The molecule has 4 N–H and O–H groups in total. The molecule has 8 amide bonds. The third-order valence-corrected chi connectivity index (χ3v) is 11.7. The van der Waals surface area contributed by atoms with E-state index in [1.54, 1.807) is 16.2 Å². The molecule has 306 valence electrons. The van der Waals surface area contributed by atoms with Gasteiger partial charge in [-0.1, -0.05) is 57.5 Å². The zero-order valence-corrected chi connectivity index (χ0v) is 34.0. The zero-order chi connectivity index (χ0) is 41.7. The third-order valence-electron chi connectivity index (χ3n) is 10.7. The number of fused-ring (bicyclic) bond motifs is 1. The van der Waals surface area contributed by atoms with Crippen LogP contribution in [0.25, 0.3) is 10.4 Å². The monoisotopic (exact) mass is 811 g/mol. The molecule has 16 heteroatoms. The van der Waals surface area contributed by atoms with Crippen molar-refractivity contribution >= 4 is 64.3 Å². The SMILES string of the molecule is Cc1ncsc1-c1ccc(CNC(=O)C2CCCN2C(=O)C(NC(=O)CCCCCC(=O)Nc2cccc3c2C(=O)N(C2CCC(=O)NC2=O)C3=O)C(C)(C)C)cc1. The molecule has 3 aliphatic rings. The molecular weight excluding hydrogens is 763 g/mol. The summed E-state index contributed by atoms with van der Waals surface area (Å²) in [6.07, 6.45) is 2.86. The van der Waals surface area contributed by atoms with Crippen LogP contribution < -0.4 is 21.3 Å². The Hall–Kier alpha value is -5.77. The second kappa shape index (κ2) is 17.8. The van der Waals surface area contributed by atoms with Crippen LogP contribution in [0.2, 0.25) is 0 Å². The van der Waals surface area contributed by atoms with Gasteiger partial charge in [-0.05, 0) is 67.7 Å². The maximum atomic E-state index is 13.9. The molecule has 0 spiro atoms. The van der Waals surface area contributed by atoms with Gasteiger partial charge in [-0.25, -0.2) is 4.98 Å². The maximum Gasteiger partial charge on any atom is 0.264 e. The lowest BCUT2D eigenvalue weighted by molar-refractivity contribution is -0.144. The summed E-state index contributed by atoms with van der Waals surface area (Å²) < 4.78 is 0. The van der Waals surface area contributed by atoms with Crippen LogP contribution in [0, 0.1) is 12.3 Å². The van der Waals surface area contributed by atoms with Crippen molar-refractivity contribution in [3.8, 4) is 10.4 Å². The molecule has 0 radical (unpaired) electrons. The minimum atomic E-state index is -1.12. The summed E-state index contributed by atoms with van der Waals surface area (Å²) in [4.78, 5) is 112. The van der Waals surface area contributed by atoms with Gasteiger partial charge in [0.1, 0.15) is 18.1 Å². The Kier molecular flexibility index (Phi) is 12.8. The van der Waals surface area contributed by atoms with E-state index in [0.717, 1.165) is 26.6 Å². The van der Waals surface area contributed by atoms with Crippen LogP contribution in [0.1, 0.15) is 111 Å². The predicted octanol–water partition coefficient (Wildman–Crippen LogP) is 4.25. The van der Waals surface area contributed by atoms with E-state index in [4.69, 9.17) is 0 Å². The minimum absolute atomic E-state index is 0.00374. The molecule has 4 heterocycles. The van der Waals surface area contributed by atoms with Gasteiger partial charge >= 0.3 is 0 Å². The first-order valence-corrected chi connectivity index (χ1v) is 20.5. The molecule has 58 heavy (non-hydrogen) atoms. The second-order valence-electron chi connectivity index (χ2n) is 16.0. The number of hydrogen-bond acceptors (Lipinski definition) is 10. The van der Waals surface area contributed by atoms with Gasteiger partial charge in [-0.15, -0.1) is 11.3 Å². The summed E-state index contributed by atoms with van der Waals surface area (Å²) >= 11 is 1.58. The Balaban J connectivity index is 0.951. The fourth-order valence-corrected chi connectivity index (χ4v) is 8.40. The fourth-order valence-electron chi connectivity index (χ4n) is 7.59. The van der Waals surface area contributed by atoms with Crippen molar-refractivity contribution in [3.05, 3.63) is 70.4 Å². The Morgan fingerprint density at radius 1 is 0.931 bits per heavy atom. The van der Waals surface area contributed by atoms with Gasteiger partial charge in [0, 0.05) is 32.4 Å². The number of rotatable bonds is 14. The average Bonchev–Trinajstić information content (AvgIpc) is 3.91. The average molecular weight is 812 g/mol. The Morgan fingerprint density at radius 3 is 2.33 bits per heavy atom. The number of nitrogens with zero attached hydrogens (tertiary/aromatic N) is 3. The topological polar surface area (TPSA) is 204 Å². The maximum absolute atomic E-state index is 13.9. The van der Waals surface area contributed by atoms with E-state index >= 15 is 0 Å². The van der Waals surface area contributed by atoms with Crippen molar-refractivity contribution in [1.29, 1.82) is 0 Å². The van der Waals surface area contributed by atoms with E-state index in [0.29, 0.717) is 45.2 Å². The first-order valence-electron chi connectivity index (χ1n) is 19.7. The summed E-state index contributed by atoms with van der Waals surface area (Å²) in [5.74, 6) is -3.80. The summed E-state index contributed by atoms with van der Waals surface area (Å²) in [6, 6.07) is 9.84. The number of imide groups is 2. The molecule has 3 aromatic rings. The fraction of sp³-hybridized carbons (Fsp3) is 0.452. The molecule has 0 aliphatic carbocycles. The van der Waals surface area contributed by atoms with E-state index in [-0.39, 0.29) is 66.1 Å². The number of hydrogen-bond donors (Lipinski definition) is 4. The highest BCUT2D eigenvalue weighted by molar-refractivity contribution is 7.13. The lowest BCUT2D eigenvalue weighted by Crippen LogP contribution is -2.57. The lowest BCUT2D eigenvalue weighted by atomic mass is 9.85. The molecule has 15 nitrogen and oxygen atoms in total.